The molecule has 2 aromatic carbocycles. The number of hydrogen-bond acceptors (Lipinski definition) is 6. The Morgan fingerprint density at radius 3 is 2.23 bits per heavy atom. The molecule has 1 aliphatic rings. The number of hydrogen-bond donors (Lipinski definition) is 2. The van der Waals surface area contributed by atoms with Crippen molar-refractivity contribution in [2.75, 3.05) is 18.8 Å². The highest BCUT2D eigenvalue weighted by Gasteiger charge is 2.26. The van der Waals surface area contributed by atoms with Crippen LogP contribution in [0.5, 0.6) is 0 Å². The fourth-order valence-electron chi connectivity index (χ4n) is 5.24. The van der Waals surface area contributed by atoms with Crippen LogP contribution >= 0.6 is 12.6 Å². The fraction of sp³-hybridized carbons (Fsp3) is 0.500. The molecule has 40 heavy (non-hydrogen) atoms. The minimum Gasteiger partial charge on any atom is -0.339 e. The molecular weight excluding hydrogens is 546 g/mol. The van der Waals surface area contributed by atoms with Crippen LogP contribution in [0.3, 0.4) is 0 Å². The Labute approximate surface area is 244 Å². The monoisotopic (exact) mass is 587 g/mol. The van der Waals surface area contributed by atoms with Crippen molar-refractivity contribution >= 4 is 40.4 Å². The van der Waals surface area contributed by atoms with Gasteiger partial charge in [0, 0.05) is 56.8 Å². The number of nitrogens with one attached hydrogen (secondary N) is 1. The van der Waals surface area contributed by atoms with E-state index in [2.05, 4.69) is 12.6 Å². The van der Waals surface area contributed by atoms with E-state index < -0.39 is 15.9 Å². The number of carbonyl (C=O) groups excluding carboxylic acids is 3. The van der Waals surface area contributed by atoms with E-state index >= 15 is 0 Å². The number of amides is 3. The summed E-state index contributed by atoms with van der Waals surface area (Å²) in [6, 6.07) is 14.1. The topological polar surface area (TPSA) is 104 Å². The predicted molar refractivity (Wildman–Crippen MR) is 160 cm³/mol. The molecule has 8 nitrogen and oxygen atoms in total. The van der Waals surface area contributed by atoms with Gasteiger partial charge in [0.25, 0.3) is 10.0 Å². The minimum absolute atomic E-state index is 0.00420. The van der Waals surface area contributed by atoms with Gasteiger partial charge in [-0.15, -0.1) is 0 Å². The smallest absolute Gasteiger partial charge is 0.264 e. The summed E-state index contributed by atoms with van der Waals surface area (Å²) in [5, 5.41) is 0. The maximum Gasteiger partial charge on any atom is 0.264 e. The van der Waals surface area contributed by atoms with E-state index in [1.165, 1.54) is 12.5 Å². The summed E-state index contributed by atoms with van der Waals surface area (Å²) in [7, 11) is -4.01. The zero-order valence-electron chi connectivity index (χ0n) is 23.5. The second kappa shape index (κ2) is 15.2. The summed E-state index contributed by atoms with van der Waals surface area (Å²) in [4.78, 5) is 41.4. The van der Waals surface area contributed by atoms with Gasteiger partial charge in [0.05, 0.1) is 4.90 Å². The Bertz CT molecular complexity index is 1260. The van der Waals surface area contributed by atoms with Gasteiger partial charge < -0.3 is 9.80 Å². The second-order valence-corrected chi connectivity index (χ2v) is 12.4. The molecule has 218 valence electrons. The van der Waals surface area contributed by atoms with Gasteiger partial charge in [-0.3, -0.25) is 14.4 Å². The lowest BCUT2D eigenvalue weighted by molar-refractivity contribution is -0.136. The highest BCUT2D eigenvalue weighted by atomic mass is 32.2. The highest BCUT2D eigenvalue weighted by Crippen LogP contribution is 2.28. The van der Waals surface area contributed by atoms with Crippen LogP contribution in [0.15, 0.2) is 53.4 Å². The molecule has 1 aliphatic carbocycles. The summed E-state index contributed by atoms with van der Waals surface area (Å²) in [5.74, 6) is 0.0301. The van der Waals surface area contributed by atoms with Crippen LogP contribution in [0, 0.1) is 0 Å². The van der Waals surface area contributed by atoms with E-state index in [9.17, 15) is 22.8 Å². The summed E-state index contributed by atoms with van der Waals surface area (Å²) in [6.45, 7) is 4.43. The average molecular weight is 588 g/mol. The Morgan fingerprint density at radius 1 is 0.925 bits per heavy atom. The molecule has 3 amide bonds. The lowest BCUT2D eigenvalue weighted by Crippen LogP contribution is -2.44. The third-order valence-corrected chi connectivity index (χ3v) is 8.87. The van der Waals surface area contributed by atoms with Gasteiger partial charge in [-0.05, 0) is 36.5 Å². The zero-order chi connectivity index (χ0) is 29.1. The average Bonchev–Trinajstić information content (AvgIpc) is 2.94. The van der Waals surface area contributed by atoms with Crippen molar-refractivity contribution in [2.45, 2.75) is 82.7 Å². The van der Waals surface area contributed by atoms with Crippen LogP contribution < -0.4 is 4.72 Å². The first-order chi connectivity index (χ1) is 19.2. The van der Waals surface area contributed by atoms with E-state index in [0.29, 0.717) is 42.9 Å². The maximum absolute atomic E-state index is 13.2. The number of carbonyl (C=O) groups is 3. The number of nitrogens with zero attached hydrogens (tertiary/aromatic N) is 2. The first-order valence-corrected chi connectivity index (χ1v) is 16.2. The van der Waals surface area contributed by atoms with Crippen LogP contribution in [0.25, 0.3) is 11.1 Å². The standard InChI is InChI=1S/C30H41N3O5S2/c1-3-9-29(35)32(19-18-30(36)33(20-21-39)26-10-5-4-6-11-26)22-24-14-16-25(17-15-24)27-12-7-8-13-28(27)40(37,38)31-23(2)34/h7-8,12-17,26,39H,3-6,9-11,18-22H2,1-2H3,(H,31,34). The van der Waals surface area contributed by atoms with Crippen LogP contribution in [-0.4, -0.2) is 60.8 Å². The van der Waals surface area contributed by atoms with Crippen molar-refractivity contribution in [1.82, 2.24) is 14.5 Å². The quantitative estimate of drug-likeness (QED) is 0.328. The van der Waals surface area contributed by atoms with Gasteiger partial charge in [0.1, 0.15) is 0 Å². The summed E-state index contributed by atoms with van der Waals surface area (Å²) < 4.78 is 27.4. The molecule has 1 fully saturated rings. The normalized spacial score (nSPS) is 14.0. The number of sulfonamides is 1. The van der Waals surface area contributed by atoms with E-state index in [1.54, 1.807) is 23.1 Å². The van der Waals surface area contributed by atoms with Gasteiger partial charge in [-0.1, -0.05) is 68.7 Å². The van der Waals surface area contributed by atoms with Gasteiger partial charge >= 0.3 is 0 Å². The molecule has 1 saturated carbocycles. The summed E-state index contributed by atoms with van der Waals surface area (Å²) >= 11 is 4.37. The van der Waals surface area contributed by atoms with Crippen molar-refractivity contribution in [2.24, 2.45) is 0 Å². The number of thiol groups is 1. The largest absolute Gasteiger partial charge is 0.339 e. The predicted octanol–water partition coefficient (Wildman–Crippen LogP) is 4.79. The van der Waals surface area contributed by atoms with Crippen molar-refractivity contribution < 1.29 is 22.8 Å². The molecule has 10 heteroatoms. The first-order valence-electron chi connectivity index (χ1n) is 14.1. The molecule has 0 radical (unpaired) electrons. The summed E-state index contributed by atoms with van der Waals surface area (Å²) in [6.07, 6.45) is 6.95. The fourth-order valence-corrected chi connectivity index (χ4v) is 6.68. The van der Waals surface area contributed by atoms with Crippen LogP contribution in [0.2, 0.25) is 0 Å². The van der Waals surface area contributed by atoms with Gasteiger partial charge in [0.15, 0.2) is 0 Å². The molecule has 0 saturated heterocycles. The minimum atomic E-state index is -4.01. The van der Waals surface area contributed by atoms with Crippen molar-refractivity contribution in [3.05, 3.63) is 54.1 Å². The molecule has 0 heterocycles. The van der Waals surface area contributed by atoms with Crippen molar-refractivity contribution in [3.8, 4) is 11.1 Å². The maximum atomic E-state index is 13.2. The SMILES string of the molecule is CCCC(=O)N(CCC(=O)N(CCS)C1CCCCC1)Cc1ccc(-c2ccccc2S(=O)(=O)NC(C)=O)cc1. The van der Waals surface area contributed by atoms with Gasteiger partial charge in [-0.2, -0.15) is 12.6 Å². The van der Waals surface area contributed by atoms with Crippen LogP contribution in [0.1, 0.15) is 70.8 Å². The van der Waals surface area contributed by atoms with Crippen molar-refractivity contribution in [1.29, 1.82) is 0 Å². The molecule has 0 aliphatic heterocycles. The molecule has 3 rings (SSSR count). The van der Waals surface area contributed by atoms with E-state index in [0.717, 1.165) is 44.6 Å². The molecule has 0 spiro atoms. The first kappa shape index (κ1) is 31.7. The van der Waals surface area contributed by atoms with Crippen molar-refractivity contribution in [3.63, 3.8) is 0 Å². The molecule has 1 N–H and O–H groups in total. The number of rotatable bonds is 13. The molecule has 0 aromatic heterocycles. The van der Waals surface area contributed by atoms with Crippen LogP contribution in [-0.2, 0) is 31.0 Å². The Balaban J connectivity index is 1.74. The molecular formula is C30H41N3O5S2. The molecule has 2 aromatic rings. The molecule has 0 atom stereocenters. The Kier molecular flexibility index (Phi) is 12.1. The highest BCUT2D eigenvalue weighted by molar-refractivity contribution is 7.90. The van der Waals surface area contributed by atoms with E-state index in [1.807, 2.05) is 40.8 Å². The zero-order valence-corrected chi connectivity index (χ0v) is 25.2. The molecule has 0 bridgehead atoms. The lowest BCUT2D eigenvalue weighted by atomic mass is 9.94. The molecule has 0 unspecified atom stereocenters. The van der Waals surface area contributed by atoms with Gasteiger partial charge in [0.2, 0.25) is 17.7 Å². The summed E-state index contributed by atoms with van der Waals surface area (Å²) in [5.41, 5.74) is 2.02. The van der Waals surface area contributed by atoms with Gasteiger partial charge in [-0.25, -0.2) is 13.1 Å². The third-order valence-electron chi connectivity index (χ3n) is 7.18. The Morgan fingerprint density at radius 2 is 1.60 bits per heavy atom. The second-order valence-electron chi connectivity index (χ2n) is 10.3. The lowest BCUT2D eigenvalue weighted by Gasteiger charge is -2.35. The Hall–Kier alpha value is -2.85. The van der Waals surface area contributed by atoms with E-state index in [-0.39, 0.29) is 29.2 Å². The number of benzene rings is 2. The van der Waals surface area contributed by atoms with Crippen LogP contribution in [0.4, 0.5) is 0 Å². The third kappa shape index (κ3) is 8.83. The van der Waals surface area contributed by atoms with E-state index in [4.69, 9.17) is 0 Å².